The van der Waals surface area contributed by atoms with E-state index in [0.29, 0.717) is 0 Å². The zero-order valence-corrected chi connectivity index (χ0v) is 19.4. The number of ether oxygens (including phenoxy) is 2. The summed E-state index contributed by atoms with van der Waals surface area (Å²) in [6, 6.07) is 0. The van der Waals surface area contributed by atoms with Crippen molar-refractivity contribution in [3.05, 3.63) is 82.7 Å². The minimum Gasteiger partial charge on any atom is -0.482 e. The van der Waals surface area contributed by atoms with Gasteiger partial charge in [0, 0.05) is 11.8 Å². The van der Waals surface area contributed by atoms with Gasteiger partial charge in [0.05, 0.1) is 0 Å². The molecule has 2 aliphatic rings. The Hall–Kier alpha value is -2.40. The zero-order chi connectivity index (χ0) is 22.0. The van der Waals surface area contributed by atoms with Crippen LogP contribution in [0.15, 0.2) is 82.7 Å². The molecular formula is C27H36O2. The second kappa shape index (κ2) is 8.54. The fraction of sp³-hybridized carbons (Fsp3) is 0.481. The zero-order valence-electron chi connectivity index (χ0n) is 19.4. The van der Waals surface area contributed by atoms with E-state index in [1.165, 1.54) is 33.4 Å². The largest absolute Gasteiger partial charge is 0.482 e. The van der Waals surface area contributed by atoms with Crippen molar-refractivity contribution in [2.24, 2.45) is 11.8 Å². The van der Waals surface area contributed by atoms with Gasteiger partial charge in [-0.3, -0.25) is 0 Å². The molecule has 0 saturated heterocycles. The average Bonchev–Trinajstić information content (AvgIpc) is 2.67. The molecule has 2 aliphatic carbocycles. The van der Waals surface area contributed by atoms with Gasteiger partial charge in [-0.1, -0.05) is 49.6 Å². The van der Waals surface area contributed by atoms with E-state index < -0.39 is 11.2 Å². The van der Waals surface area contributed by atoms with Crippen LogP contribution in [0, 0.1) is 11.8 Å². The van der Waals surface area contributed by atoms with E-state index in [1.54, 1.807) is 12.5 Å². The molecule has 2 heteroatoms. The van der Waals surface area contributed by atoms with Crippen molar-refractivity contribution in [2.75, 3.05) is 0 Å². The molecule has 0 N–H and O–H groups in total. The molecule has 0 bridgehead atoms. The van der Waals surface area contributed by atoms with Crippen LogP contribution in [0.4, 0.5) is 0 Å². The molecule has 2 nitrogen and oxygen atoms in total. The first-order chi connectivity index (χ1) is 13.5. The van der Waals surface area contributed by atoms with Gasteiger partial charge in [0.1, 0.15) is 23.7 Å². The van der Waals surface area contributed by atoms with E-state index in [2.05, 4.69) is 92.2 Å². The van der Waals surface area contributed by atoms with Crippen molar-refractivity contribution in [1.29, 1.82) is 0 Å². The van der Waals surface area contributed by atoms with Crippen LogP contribution in [0.5, 0.6) is 0 Å². The van der Waals surface area contributed by atoms with Crippen LogP contribution in [0.3, 0.4) is 0 Å². The van der Waals surface area contributed by atoms with Crippen molar-refractivity contribution in [1.82, 2.24) is 0 Å². The molecule has 29 heavy (non-hydrogen) atoms. The maximum Gasteiger partial charge on any atom is 0.131 e. The molecule has 4 unspecified atom stereocenters. The molecule has 2 rings (SSSR count). The van der Waals surface area contributed by atoms with Crippen molar-refractivity contribution >= 4 is 0 Å². The highest BCUT2D eigenvalue weighted by atomic mass is 16.5. The highest BCUT2D eigenvalue weighted by Crippen LogP contribution is 2.46. The van der Waals surface area contributed by atoms with E-state index in [1.807, 2.05) is 0 Å². The summed E-state index contributed by atoms with van der Waals surface area (Å²) in [6.07, 6.45) is 8.51. The van der Waals surface area contributed by atoms with Gasteiger partial charge in [0.25, 0.3) is 0 Å². The highest BCUT2D eigenvalue weighted by molar-refractivity contribution is 5.48. The second-order valence-corrected chi connectivity index (χ2v) is 8.82. The predicted molar refractivity (Wildman–Crippen MR) is 122 cm³/mol. The molecule has 0 heterocycles. The Balaban J connectivity index is 2.49. The predicted octanol–water partition coefficient (Wildman–Crippen LogP) is 7.35. The lowest BCUT2D eigenvalue weighted by Crippen LogP contribution is -2.39. The third kappa shape index (κ3) is 4.30. The van der Waals surface area contributed by atoms with Crippen molar-refractivity contribution < 1.29 is 9.47 Å². The van der Waals surface area contributed by atoms with Gasteiger partial charge in [-0.15, -0.1) is 0 Å². The monoisotopic (exact) mass is 392 g/mol. The molecule has 156 valence electrons. The lowest BCUT2D eigenvalue weighted by molar-refractivity contribution is 0.0404. The number of hydrogen-bond donors (Lipinski definition) is 0. The molecule has 4 atom stereocenters. The SMILES string of the molecule is C=C=COC1(C)C=C(C)C(C)=C(CC2=C(C)C(C)=CC(C)(OC=C=C)C2C)C1C. The number of allylic oxidation sites excluding steroid dienone is 4. The molecular weight excluding hydrogens is 356 g/mol. The van der Waals surface area contributed by atoms with Crippen LogP contribution < -0.4 is 0 Å². The summed E-state index contributed by atoms with van der Waals surface area (Å²) < 4.78 is 12.1. The molecule has 0 aliphatic heterocycles. The highest BCUT2D eigenvalue weighted by Gasteiger charge is 2.41. The second-order valence-electron chi connectivity index (χ2n) is 8.82. The van der Waals surface area contributed by atoms with E-state index in [9.17, 15) is 0 Å². The van der Waals surface area contributed by atoms with Gasteiger partial charge >= 0.3 is 0 Å². The Morgan fingerprint density at radius 2 is 1.17 bits per heavy atom. The number of hydrogen-bond acceptors (Lipinski definition) is 2. The summed E-state index contributed by atoms with van der Waals surface area (Å²) in [7, 11) is 0. The summed E-state index contributed by atoms with van der Waals surface area (Å²) in [5, 5.41) is 0. The molecule has 0 aromatic heterocycles. The molecule has 0 amide bonds. The molecule has 0 aromatic rings. The standard InChI is InChI=1S/C27H36O2/c1-11-13-28-26(9)16-18(3)20(5)24(22(26)7)15-25-21(6)19(4)17-27(10,23(25)8)29-14-12-2/h13-14,16-17,22-23H,1-2,15H2,3-10H3. The fourth-order valence-corrected chi connectivity index (χ4v) is 4.56. The molecule has 0 fully saturated rings. The Labute approximate surface area is 177 Å². The summed E-state index contributed by atoms with van der Waals surface area (Å²) in [5.74, 6) is 0.463. The first-order valence-corrected chi connectivity index (χ1v) is 10.3. The van der Waals surface area contributed by atoms with Gasteiger partial charge in [-0.2, -0.15) is 0 Å². The molecule has 0 aromatic carbocycles. The van der Waals surface area contributed by atoms with E-state index in [0.717, 1.165) is 6.42 Å². The van der Waals surface area contributed by atoms with Crippen LogP contribution in [-0.4, -0.2) is 11.2 Å². The van der Waals surface area contributed by atoms with Gasteiger partial charge < -0.3 is 9.47 Å². The van der Waals surface area contributed by atoms with Crippen LogP contribution in [0.1, 0.15) is 61.8 Å². The third-order valence-corrected chi connectivity index (χ3v) is 7.09. The Morgan fingerprint density at radius 1 is 0.828 bits per heavy atom. The Bertz CT molecular complexity index is 823. The van der Waals surface area contributed by atoms with Gasteiger partial charge in [-0.05, 0) is 82.4 Å². The Morgan fingerprint density at radius 3 is 1.48 bits per heavy atom. The summed E-state index contributed by atoms with van der Waals surface area (Å²) in [6.45, 7) is 24.8. The normalized spacial score (nSPS) is 32.0. The lowest BCUT2D eigenvalue weighted by atomic mass is 9.68. The van der Waals surface area contributed by atoms with Crippen LogP contribution in [-0.2, 0) is 9.47 Å². The topological polar surface area (TPSA) is 18.5 Å². The van der Waals surface area contributed by atoms with Gasteiger partial charge in [-0.25, -0.2) is 0 Å². The summed E-state index contributed by atoms with van der Waals surface area (Å²) in [4.78, 5) is 0. The summed E-state index contributed by atoms with van der Waals surface area (Å²) >= 11 is 0. The van der Waals surface area contributed by atoms with E-state index in [-0.39, 0.29) is 11.8 Å². The quantitative estimate of drug-likeness (QED) is 0.347. The lowest BCUT2D eigenvalue weighted by Gasteiger charge is -2.42. The third-order valence-electron chi connectivity index (χ3n) is 7.09. The first kappa shape index (κ1) is 22.9. The van der Waals surface area contributed by atoms with Crippen LogP contribution >= 0.6 is 0 Å². The molecule has 0 spiro atoms. The van der Waals surface area contributed by atoms with Crippen molar-refractivity contribution in [2.45, 2.75) is 73.0 Å². The molecule has 0 radical (unpaired) electrons. The minimum atomic E-state index is -0.410. The average molecular weight is 393 g/mol. The maximum atomic E-state index is 6.06. The van der Waals surface area contributed by atoms with Crippen molar-refractivity contribution in [3.63, 3.8) is 0 Å². The summed E-state index contributed by atoms with van der Waals surface area (Å²) in [5.41, 5.74) is 12.7. The van der Waals surface area contributed by atoms with Gasteiger partial charge in [0.15, 0.2) is 0 Å². The van der Waals surface area contributed by atoms with Crippen LogP contribution in [0.25, 0.3) is 0 Å². The van der Waals surface area contributed by atoms with E-state index >= 15 is 0 Å². The fourth-order valence-electron chi connectivity index (χ4n) is 4.56. The Kier molecular flexibility index (Phi) is 6.74. The number of rotatable bonds is 6. The minimum absolute atomic E-state index is 0.231. The smallest absolute Gasteiger partial charge is 0.131 e. The van der Waals surface area contributed by atoms with E-state index in [4.69, 9.17) is 9.47 Å². The first-order valence-electron chi connectivity index (χ1n) is 10.3. The van der Waals surface area contributed by atoms with Gasteiger partial charge in [0.2, 0.25) is 0 Å². The maximum absolute atomic E-state index is 6.06. The molecule has 0 saturated carbocycles. The van der Waals surface area contributed by atoms with Crippen LogP contribution in [0.2, 0.25) is 0 Å². The van der Waals surface area contributed by atoms with Crippen molar-refractivity contribution in [3.8, 4) is 0 Å².